The Balaban J connectivity index is 0.000000254. The summed E-state index contributed by atoms with van der Waals surface area (Å²) in [6.45, 7) is 28.6. The van der Waals surface area contributed by atoms with Gasteiger partial charge in [0, 0.05) is 128 Å². The predicted molar refractivity (Wildman–Crippen MR) is 554 cm³/mol. The summed E-state index contributed by atoms with van der Waals surface area (Å²) in [5.41, 5.74) is 5.13. The first kappa shape index (κ1) is 116. The van der Waals surface area contributed by atoms with Crippen molar-refractivity contribution in [2.75, 3.05) is 264 Å². The second kappa shape index (κ2) is 73.3. The van der Waals surface area contributed by atoms with E-state index in [-0.39, 0.29) is 47.9 Å². The van der Waals surface area contributed by atoms with Gasteiger partial charge in [-0.3, -0.25) is 4.79 Å². The van der Waals surface area contributed by atoms with Gasteiger partial charge in [0.1, 0.15) is 48.7 Å². The van der Waals surface area contributed by atoms with Crippen LogP contribution in [0.15, 0.2) is 197 Å². The maximum atomic E-state index is 13.3. The Morgan fingerprint density at radius 2 is 0.947 bits per heavy atom. The van der Waals surface area contributed by atoms with Gasteiger partial charge in [0.05, 0.1) is 133 Å². The highest BCUT2D eigenvalue weighted by molar-refractivity contribution is 8.03. The molecule has 0 spiro atoms. The van der Waals surface area contributed by atoms with E-state index in [2.05, 4.69) is 216 Å². The zero-order valence-corrected chi connectivity index (χ0v) is 86.6. The minimum absolute atomic E-state index is 0.0257. The van der Waals surface area contributed by atoms with Crippen molar-refractivity contribution in [3.05, 3.63) is 204 Å². The lowest BCUT2D eigenvalue weighted by Gasteiger charge is -2.39. The van der Waals surface area contributed by atoms with E-state index < -0.39 is 27.9 Å². The van der Waals surface area contributed by atoms with Crippen LogP contribution in [0.5, 0.6) is 5.75 Å². The SMILES string of the molecule is CCC1(OC(=O)CS(=O)N2CCOCCOCCOCCOCCOCC2)CCCC1.CCCCN(CCCCO)SC(c1ccccc1)(c1ccccc1)c1ccccc1.COc1ccc2ccccc2c1S(=O)N(CCCO)CCOCCO.CSCCSCCN(CCSCCSC)Sc1ccc(C(C)(C)C)cc1.c1ccc(SN2CCOCCOCCOCC2)cc1. The van der Waals surface area contributed by atoms with Crippen molar-refractivity contribution in [1.29, 1.82) is 0 Å². The highest BCUT2D eigenvalue weighted by Crippen LogP contribution is 2.50. The number of rotatable bonds is 44. The normalized spacial score (nSPS) is 16.3. The molecule has 2 atom stereocenters. The molecular formula is C100H153N5O17S9. The van der Waals surface area contributed by atoms with Crippen molar-refractivity contribution >= 4 is 122 Å². The molecule has 10 rings (SSSR count). The molecule has 3 aliphatic rings. The molecule has 1 saturated carbocycles. The summed E-state index contributed by atoms with van der Waals surface area (Å²) < 4.78 is 97.1. The lowest BCUT2D eigenvalue weighted by atomic mass is 9.84. The molecule has 0 amide bonds. The van der Waals surface area contributed by atoms with Gasteiger partial charge in [0.15, 0.2) is 0 Å². The number of methoxy groups -OCH3 is 1. The van der Waals surface area contributed by atoms with Crippen LogP contribution in [0.2, 0.25) is 0 Å². The Bertz CT molecular complexity index is 3880. The summed E-state index contributed by atoms with van der Waals surface area (Å²) in [4.78, 5) is 15.7. The highest BCUT2D eigenvalue weighted by atomic mass is 32.2. The largest absolute Gasteiger partial charge is 0.495 e. The fraction of sp³-hybridized carbons (Fsp3) is 0.590. The molecule has 31 heteroatoms. The standard InChI is InChI=1S/C27H33NOS.C21H39NO8S.C20H35NS5.C18H25NO5S.C14H21NO3S/c1-2-3-21-28(22-13-14-23-29)30-27(24-15-7-4-8-16-24,25-17-9-5-10-18-25)26-19-11-6-12-20-26;1-2-21(5-3-4-6-21)30-20(23)19-31(24)22-7-9-25-11-13-27-15-17-29-18-16-28-14-12-26-10-8-22;1-20(2,3)18-6-8-19(9-7-18)26-21(10-12-24-16-14-22-4)11-13-25-17-15-23-5;1-23-17-8-7-15-5-2-3-6-16(15)18(17)25(22)19(9-4-11-20)10-13-24-14-12-21;1-2-4-14(5-3-1)19-15-6-8-16-10-12-18-13-11-17-9-7-15/h4-12,15-20,29H,2-3,13-14,21-23H2,1H3;2-19H2,1H3;6-9H,10-17H2,1-5H3;2-3,5-8,20-21H,4,9-14H2,1H3;1-5H,6-13H2. The first-order valence-corrected chi connectivity index (χ1v) is 56.3. The van der Waals surface area contributed by atoms with E-state index in [9.17, 15) is 18.3 Å². The van der Waals surface area contributed by atoms with Gasteiger partial charge >= 0.3 is 5.97 Å². The van der Waals surface area contributed by atoms with E-state index in [1.165, 1.54) is 79.4 Å². The Hall–Kier alpha value is -3.86. The second-order valence-electron chi connectivity index (χ2n) is 31.8. The van der Waals surface area contributed by atoms with Crippen LogP contribution in [0.3, 0.4) is 0 Å². The van der Waals surface area contributed by atoms with Gasteiger partial charge in [0.25, 0.3) is 0 Å². The van der Waals surface area contributed by atoms with Crippen LogP contribution in [-0.2, 0) is 84.3 Å². The number of unbranched alkanes of at least 4 members (excludes halogenated alkanes) is 2. The van der Waals surface area contributed by atoms with E-state index in [0.717, 1.165) is 108 Å². The predicted octanol–water partition coefficient (Wildman–Crippen LogP) is 17.9. The topological polar surface area (TPSA) is 230 Å². The van der Waals surface area contributed by atoms with Crippen molar-refractivity contribution in [3.63, 3.8) is 0 Å². The molecule has 2 unspecified atom stereocenters. The molecule has 2 saturated heterocycles. The number of carbonyl (C=O) groups excluding carboxylic acids is 1. The molecule has 22 nitrogen and oxygen atoms in total. The molecule has 0 bridgehead atoms. The van der Waals surface area contributed by atoms with Crippen LogP contribution in [0.4, 0.5) is 0 Å². The maximum Gasteiger partial charge on any atom is 0.320 e. The molecule has 2 heterocycles. The number of nitrogens with zero attached hydrogens (tertiary/aromatic N) is 5. The summed E-state index contributed by atoms with van der Waals surface area (Å²) in [6.07, 6.45) is 13.8. The monoisotopic (exact) mass is 1980 g/mol. The first-order chi connectivity index (χ1) is 64.1. The number of esters is 1. The Morgan fingerprint density at radius 3 is 1.41 bits per heavy atom. The van der Waals surface area contributed by atoms with Crippen molar-refractivity contribution in [2.24, 2.45) is 0 Å². The number of fused-ring (bicyclic) bond motifs is 1. The number of thioether (sulfide) groups is 4. The molecule has 7 aromatic rings. The molecule has 734 valence electrons. The molecule has 131 heavy (non-hydrogen) atoms. The Kier molecular flexibility index (Phi) is 64.8. The number of aliphatic hydroxyl groups is 3. The van der Waals surface area contributed by atoms with E-state index in [1.807, 2.05) is 96.8 Å². The lowest BCUT2D eigenvalue weighted by molar-refractivity contribution is -0.156. The fourth-order valence-corrected chi connectivity index (χ4v) is 23.4. The van der Waals surface area contributed by atoms with Gasteiger partial charge in [-0.1, -0.05) is 205 Å². The van der Waals surface area contributed by atoms with Gasteiger partial charge in [-0.25, -0.2) is 29.9 Å². The smallest absolute Gasteiger partial charge is 0.320 e. The zero-order valence-electron chi connectivity index (χ0n) is 79.2. The fourth-order valence-electron chi connectivity index (χ4n) is 13.9. The number of benzene rings is 7. The number of ether oxygens (including phenoxy) is 11. The number of carbonyl (C=O) groups is 1. The summed E-state index contributed by atoms with van der Waals surface area (Å²) in [5, 5.41) is 29.1. The Morgan fingerprint density at radius 1 is 0.473 bits per heavy atom. The van der Waals surface area contributed by atoms with Crippen molar-refractivity contribution in [1.82, 2.24) is 21.5 Å². The van der Waals surface area contributed by atoms with Crippen LogP contribution in [0.25, 0.3) is 10.8 Å². The van der Waals surface area contributed by atoms with Gasteiger partial charge in [0.2, 0.25) is 0 Å². The zero-order chi connectivity index (χ0) is 93.8. The van der Waals surface area contributed by atoms with E-state index in [0.29, 0.717) is 142 Å². The van der Waals surface area contributed by atoms with Gasteiger partial charge in [-0.15, -0.1) is 0 Å². The average molecular weight is 1990 g/mol. The van der Waals surface area contributed by atoms with Gasteiger partial charge in [-0.05, 0) is 158 Å². The molecule has 3 fully saturated rings. The molecule has 1 aliphatic carbocycles. The molecule has 2 aliphatic heterocycles. The van der Waals surface area contributed by atoms with Crippen LogP contribution in [-0.4, -0.2) is 321 Å². The van der Waals surface area contributed by atoms with Crippen LogP contribution >= 0.6 is 82.9 Å². The third-order valence-corrected chi connectivity index (χ3v) is 31.6. The number of aliphatic hydroxyl groups excluding tert-OH is 3. The molecular weight excluding hydrogens is 1830 g/mol. The van der Waals surface area contributed by atoms with Gasteiger partial charge in [-0.2, -0.15) is 47.0 Å². The molecule has 0 aromatic heterocycles. The van der Waals surface area contributed by atoms with E-state index in [1.54, 1.807) is 27.7 Å². The number of hydrogen-bond donors (Lipinski definition) is 3. The maximum absolute atomic E-state index is 13.3. The van der Waals surface area contributed by atoms with Crippen LogP contribution < -0.4 is 4.74 Å². The van der Waals surface area contributed by atoms with Gasteiger partial charge < -0.3 is 67.4 Å². The molecule has 3 N–H and O–H groups in total. The quantitative estimate of drug-likeness (QED) is 0.0139. The minimum Gasteiger partial charge on any atom is -0.495 e. The van der Waals surface area contributed by atoms with Crippen LogP contribution in [0, 0.1) is 0 Å². The minimum atomic E-state index is -1.50. The first-order valence-electron chi connectivity index (χ1n) is 46.5. The average Bonchev–Trinajstić information content (AvgIpc) is 1.12. The van der Waals surface area contributed by atoms with Crippen molar-refractivity contribution < 1.29 is 80.6 Å². The van der Waals surface area contributed by atoms with Crippen molar-refractivity contribution in [3.8, 4) is 5.75 Å². The van der Waals surface area contributed by atoms with Crippen molar-refractivity contribution in [2.45, 2.75) is 129 Å². The summed E-state index contributed by atoms with van der Waals surface area (Å²) >= 11 is 13.7. The summed E-state index contributed by atoms with van der Waals surface area (Å²) in [6, 6.07) is 63.7. The lowest BCUT2D eigenvalue weighted by Crippen LogP contribution is -2.39. The molecule has 0 radical (unpaired) electrons. The van der Waals surface area contributed by atoms with E-state index >= 15 is 0 Å². The third-order valence-electron chi connectivity index (χ3n) is 21.1. The van der Waals surface area contributed by atoms with E-state index in [4.69, 9.17) is 62.3 Å². The second-order valence-corrected chi connectivity index (χ2v) is 42.8. The Labute approximate surface area is 820 Å². The van der Waals surface area contributed by atoms with Crippen LogP contribution in [0.1, 0.15) is 121 Å². The number of hydrogen-bond acceptors (Lipinski definition) is 27. The summed E-state index contributed by atoms with van der Waals surface area (Å²) in [7, 11) is -1.39. The summed E-state index contributed by atoms with van der Waals surface area (Å²) in [5.74, 6) is 7.54. The molecule has 7 aromatic carbocycles. The highest BCUT2D eigenvalue weighted by Gasteiger charge is 2.40. The third kappa shape index (κ3) is 48.0.